The number of carbonyl (C=O) groups excluding carboxylic acids is 1. The van der Waals surface area contributed by atoms with E-state index in [4.69, 9.17) is 5.73 Å². The molecule has 38 heavy (non-hydrogen) atoms. The molecule has 1 amide bonds. The normalized spacial score (nSPS) is 16.1. The minimum atomic E-state index is -0.921. The highest BCUT2D eigenvalue weighted by molar-refractivity contribution is 7.98. The second kappa shape index (κ2) is 10.9. The van der Waals surface area contributed by atoms with Crippen LogP contribution in [-0.2, 0) is 16.6 Å². The number of benzene rings is 3. The van der Waals surface area contributed by atoms with E-state index in [9.17, 15) is 9.90 Å². The summed E-state index contributed by atoms with van der Waals surface area (Å²) in [4.78, 5) is 14.7. The first kappa shape index (κ1) is 27.8. The van der Waals surface area contributed by atoms with Crippen LogP contribution in [0.15, 0.2) is 65.6 Å². The highest BCUT2D eigenvalue weighted by atomic mass is 32.2. The van der Waals surface area contributed by atoms with Gasteiger partial charge in [-0.2, -0.15) is 0 Å². The van der Waals surface area contributed by atoms with Gasteiger partial charge in [-0.05, 0) is 88.4 Å². The fourth-order valence-corrected chi connectivity index (χ4v) is 6.29. The summed E-state index contributed by atoms with van der Waals surface area (Å²) in [5.41, 5.74) is 12.6. The summed E-state index contributed by atoms with van der Waals surface area (Å²) in [7, 11) is 4.10. The molecule has 4 rings (SSSR count). The molecule has 0 saturated heterocycles. The maximum absolute atomic E-state index is 11.3. The molecule has 0 aliphatic heterocycles. The number of rotatable bonds is 6. The molecule has 0 spiro atoms. The summed E-state index contributed by atoms with van der Waals surface area (Å²) in [5, 5.41) is 11.2. The van der Waals surface area contributed by atoms with Crippen LogP contribution in [0.5, 0.6) is 0 Å². The number of amides is 1. The van der Waals surface area contributed by atoms with Gasteiger partial charge in [0.05, 0.1) is 0 Å². The van der Waals surface area contributed by atoms with Crippen molar-refractivity contribution in [2.24, 2.45) is 5.73 Å². The quantitative estimate of drug-likeness (QED) is 0.281. The van der Waals surface area contributed by atoms with Crippen molar-refractivity contribution in [3.8, 4) is 11.8 Å². The zero-order chi connectivity index (χ0) is 27.7. The van der Waals surface area contributed by atoms with Gasteiger partial charge in [0.2, 0.25) is 5.91 Å². The first-order valence-electron chi connectivity index (χ1n) is 13.0. The number of nitrogens with zero attached hydrogens (tertiary/aromatic N) is 1. The summed E-state index contributed by atoms with van der Waals surface area (Å²) in [6, 6.07) is 19.8. The maximum Gasteiger partial charge on any atom is 0.248 e. The van der Waals surface area contributed by atoms with Gasteiger partial charge in [-0.3, -0.25) is 4.79 Å². The van der Waals surface area contributed by atoms with Crippen molar-refractivity contribution < 1.29 is 9.90 Å². The van der Waals surface area contributed by atoms with Gasteiger partial charge in [-0.15, -0.1) is 11.8 Å². The number of fused-ring (bicyclic) bond motifs is 1. The van der Waals surface area contributed by atoms with Gasteiger partial charge < -0.3 is 15.7 Å². The van der Waals surface area contributed by atoms with Crippen molar-refractivity contribution in [2.45, 2.75) is 68.1 Å². The zero-order valence-electron chi connectivity index (χ0n) is 23.3. The van der Waals surface area contributed by atoms with E-state index in [1.54, 1.807) is 24.3 Å². The largest absolute Gasteiger partial charge is 0.378 e. The van der Waals surface area contributed by atoms with E-state index in [2.05, 4.69) is 94.9 Å². The number of nitrogens with two attached hydrogens (primary N) is 1. The highest BCUT2D eigenvalue weighted by Gasteiger charge is 2.39. The van der Waals surface area contributed by atoms with Crippen molar-refractivity contribution in [2.75, 3.05) is 19.0 Å². The first-order valence-corrected chi connectivity index (χ1v) is 14.0. The molecule has 1 unspecified atom stereocenters. The van der Waals surface area contributed by atoms with Gasteiger partial charge in [0.15, 0.2) is 0 Å². The van der Waals surface area contributed by atoms with Crippen LogP contribution in [0, 0.1) is 11.8 Å². The molecule has 0 bridgehead atoms. The first-order chi connectivity index (χ1) is 17.9. The molecule has 198 valence electrons. The predicted molar refractivity (Wildman–Crippen MR) is 159 cm³/mol. The summed E-state index contributed by atoms with van der Waals surface area (Å²) in [6.45, 7) is 9.28. The monoisotopic (exact) mass is 526 g/mol. The average molecular weight is 527 g/mol. The second-order valence-electron chi connectivity index (χ2n) is 11.7. The van der Waals surface area contributed by atoms with Gasteiger partial charge in [0, 0.05) is 41.6 Å². The molecule has 1 atom stereocenters. The number of primary amides is 1. The van der Waals surface area contributed by atoms with E-state index in [1.807, 2.05) is 11.8 Å². The number of carbonyl (C=O) groups is 1. The van der Waals surface area contributed by atoms with Gasteiger partial charge in [0.1, 0.15) is 6.10 Å². The van der Waals surface area contributed by atoms with E-state index >= 15 is 0 Å². The van der Waals surface area contributed by atoms with Crippen molar-refractivity contribution >= 4 is 23.4 Å². The lowest BCUT2D eigenvalue weighted by atomic mass is 9.63. The average Bonchev–Trinajstić information content (AvgIpc) is 2.88. The Labute approximate surface area is 231 Å². The fraction of sp³-hybridized carbons (Fsp3) is 0.364. The summed E-state index contributed by atoms with van der Waals surface area (Å²) in [6.07, 6.45) is 1.30. The summed E-state index contributed by atoms with van der Waals surface area (Å²) in [5.74, 6) is 6.45. The summed E-state index contributed by atoms with van der Waals surface area (Å²) < 4.78 is 0. The number of aliphatic hydroxyl groups is 1. The molecule has 4 nitrogen and oxygen atoms in total. The molecule has 1 aliphatic carbocycles. The SMILES string of the molecule is CN(C)c1ccc(CSc2cc(C(O)C#Cc3ccc(C(N)=O)cc3)cc3c2C(C)(C)CCC3(C)C)cc1. The van der Waals surface area contributed by atoms with Gasteiger partial charge in [-0.1, -0.05) is 57.7 Å². The zero-order valence-corrected chi connectivity index (χ0v) is 24.1. The molecule has 0 saturated carbocycles. The Balaban J connectivity index is 1.69. The third-order valence-electron chi connectivity index (χ3n) is 7.59. The Morgan fingerprint density at radius 2 is 1.63 bits per heavy atom. The lowest BCUT2D eigenvalue weighted by Gasteiger charge is -2.43. The van der Waals surface area contributed by atoms with Crippen molar-refractivity contribution in [1.29, 1.82) is 0 Å². The predicted octanol–water partition coefficient (Wildman–Crippen LogP) is 6.58. The van der Waals surface area contributed by atoms with Gasteiger partial charge >= 0.3 is 0 Å². The third kappa shape index (κ3) is 6.09. The minimum absolute atomic E-state index is 0.0152. The van der Waals surface area contributed by atoms with E-state index < -0.39 is 12.0 Å². The van der Waals surface area contributed by atoms with Crippen LogP contribution in [0.1, 0.15) is 84.8 Å². The molecule has 0 fully saturated rings. The lowest BCUT2D eigenvalue weighted by molar-refractivity contribution is 0.1000. The molecule has 0 aromatic heterocycles. The minimum Gasteiger partial charge on any atom is -0.378 e. The molecule has 3 aromatic carbocycles. The standard InChI is InChI=1S/C33H38N2O2S/c1-32(2)17-18-33(3,4)30-27(32)19-25(28(36)16-11-22-7-12-24(13-8-22)31(34)37)20-29(30)38-21-23-9-14-26(15-10-23)35(5)6/h7-10,12-15,19-20,28,36H,17-18,21H2,1-6H3,(H2,34,37). The van der Waals surface area contributed by atoms with E-state index in [0.717, 1.165) is 29.7 Å². The van der Waals surface area contributed by atoms with Crippen LogP contribution in [0.2, 0.25) is 0 Å². The van der Waals surface area contributed by atoms with Crippen molar-refractivity contribution in [1.82, 2.24) is 0 Å². The van der Waals surface area contributed by atoms with E-state index in [0.29, 0.717) is 5.56 Å². The van der Waals surface area contributed by atoms with Crippen LogP contribution in [0.3, 0.4) is 0 Å². The number of hydrogen-bond acceptors (Lipinski definition) is 4. The molecular formula is C33H38N2O2S. The van der Waals surface area contributed by atoms with Gasteiger partial charge in [0.25, 0.3) is 0 Å². The maximum atomic E-state index is 11.3. The van der Waals surface area contributed by atoms with Crippen LogP contribution in [-0.4, -0.2) is 25.1 Å². The van der Waals surface area contributed by atoms with Crippen LogP contribution < -0.4 is 10.6 Å². The smallest absolute Gasteiger partial charge is 0.248 e. The van der Waals surface area contributed by atoms with Crippen LogP contribution in [0.25, 0.3) is 0 Å². The molecule has 3 N–H and O–H groups in total. The van der Waals surface area contributed by atoms with Crippen molar-refractivity contribution in [3.05, 3.63) is 94.0 Å². The Morgan fingerprint density at radius 3 is 2.24 bits per heavy atom. The Bertz CT molecular complexity index is 1380. The molecule has 0 radical (unpaired) electrons. The topological polar surface area (TPSA) is 66.6 Å². The van der Waals surface area contributed by atoms with Crippen LogP contribution >= 0.6 is 11.8 Å². The number of aliphatic hydroxyl groups excluding tert-OH is 1. The number of anilines is 1. The number of hydrogen-bond donors (Lipinski definition) is 2. The molecule has 5 heteroatoms. The Morgan fingerprint density at radius 1 is 1.00 bits per heavy atom. The third-order valence-corrected chi connectivity index (χ3v) is 8.70. The van der Waals surface area contributed by atoms with Crippen molar-refractivity contribution in [3.63, 3.8) is 0 Å². The Hall–Kier alpha value is -3.20. The lowest BCUT2D eigenvalue weighted by Crippen LogP contribution is -2.34. The fourth-order valence-electron chi connectivity index (χ4n) is 5.03. The second-order valence-corrected chi connectivity index (χ2v) is 12.7. The summed E-state index contributed by atoms with van der Waals surface area (Å²) >= 11 is 1.84. The highest BCUT2D eigenvalue weighted by Crippen LogP contribution is 2.50. The molecule has 1 aliphatic rings. The Kier molecular flexibility index (Phi) is 7.97. The van der Waals surface area contributed by atoms with Crippen LogP contribution in [0.4, 0.5) is 5.69 Å². The van der Waals surface area contributed by atoms with Gasteiger partial charge in [-0.25, -0.2) is 0 Å². The molecule has 0 heterocycles. The van der Waals surface area contributed by atoms with E-state index in [1.165, 1.54) is 27.3 Å². The molecular weight excluding hydrogens is 488 g/mol. The molecule has 3 aromatic rings. The number of thioether (sulfide) groups is 1. The van der Waals surface area contributed by atoms with E-state index in [-0.39, 0.29) is 10.8 Å².